The van der Waals surface area contributed by atoms with Crippen LogP contribution in [0.25, 0.3) is 0 Å². The first-order chi connectivity index (χ1) is 8.99. The molecule has 0 aromatic heterocycles. The Bertz CT molecular complexity index is 400. The monoisotopic (exact) mass is 265 g/mol. The van der Waals surface area contributed by atoms with Crippen LogP contribution in [0.1, 0.15) is 13.8 Å². The Morgan fingerprint density at radius 1 is 1.21 bits per heavy atom. The molecule has 4 heteroatoms. The smallest absolute Gasteiger partial charge is 0.310 e. The molecule has 1 atom stereocenters. The number of methoxy groups -OCH3 is 2. The SMILES string of the molecule is COC(=O)C(CN(C)c1ccc(OC)cc1)C(C)C. The van der Waals surface area contributed by atoms with E-state index in [1.807, 2.05) is 45.2 Å². The fraction of sp³-hybridized carbons (Fsp3) is 0.533. The molecule has 1 unspecified atom stereocenters. The van der Waals surface area contributed by atoms with E-state index in [1.54, 1.807) is 7.11 Å². The molecule has 0 saturated carbocycles. The highest BCUT2D eigenvalue weighted by molar-refractivity contribution is 5.73. The number of rotatable bonds is 6. The van der Waals surface area contributed by atoms with Crippen LogP contribution in [-0.2, 0) is 9.53 Å². The topological polar surface area (TPSA) is 38.8 Å². The summed E-state index contributed by atoms with van der Waals surface area (Å²) < 4.78 is 9.99. The molecule has 4 nitrogen and oxygen atoms in total. The zero-order valence-corrected chi connectivity index (χ0v) is 12.3. The number of hydrogen-bond acceptors (Lipinski definition) is 4. The van der Waals surface area contributed by atoms with Crippen LogP contribution >= 0.6 is 0 Å². The molecule has 0 aliphatic heterocycles. The van der Waals surface area contributed by atoms with Gasteiger partial charge in [0.2, 0.25) is 0 Å². The number of carbonyl (C=O) groups excluding carboxylic acids is 1. The van der Waals surface area contributed by atoms with Crippen molar-refractivity contribution < 1.29 is 14.3 Å². The fourth-order valence-corrected chi connectivity index (χ4v) is 1.95. The zero-order chi connectivity index (χ0) is 14.4. The average Bonchev–Trinajstić information content (AvgIpc) is 2.43. The van der Waals surface area contributed by atoms with E-state index in [4.69, 9.17) is 9.47 Å². The average molecular weight is 265 g/mol. The lowest BCUT2D eigenvalue weighted by atomic mass is 9.95. The number of hydrogen-bond donors (Lipinski definition) is 0. The first-order valence-electron chi connectivity index (χ1n) is 6.42. The van der Waals surface area contributed by atoms with Gasteiger partial charge in [0.05, 0.1) is 20.1 Å². The van der Waals surface area contributed by atoms with Gasteiger partial charge in [0.1, 0.15) is 5.75 Å². The predicted octanol–water partition coefficient (Wildman–Crippen LogP) is 2.58. The third-order valence-corrected chi connectivity index (χ3v) is 3.29. The van der Waals surface area contributed by atoms with Crippen LogP contribution in [0.3, 0.4) is 0 Å². The molecule has 0 aliphatic carbocycles. The number of esters is 1. The molecule has 1 rings (SSSR count). The van der Waals surface area contributed by atoms with Gasteiger partial charge in [-0.15, -0.1) is 0 Å². The number of nitrogens with zero attached hydrogens (tertiary/aromatic N) is 1. The summed E-state index contributed by atoms with van der Waals surface area (Å²) in [5, 5.41) is 0. The Balaban J connectivity index is 2.75. The van der Waals surface area contributed by atoms with E-state index in [0.29, 0.717) is 6.54 Å². The maximum absolute atomic E-state index is 11.8. The van der Waals surface area contributed by atoms with Gasteiger partial charge in [-0.25, -0.2) is 0 Å². The van der Waals surface area contributed by atoms with Crippen molar-refractivity contribution in [2.45, 2.75) is 13.8 Å². The minimum atomic E-state index is -0.157. The largest absolute Gasteiger partial charge is 0.497 e. The molecule has 1 aromatic rings. The second kappa shape index (κ2) is 7.02. The van der Waals surface area contributed by atoms with Gasteiger partial charge < -0.3 is 14.4 Å². The molecule has 0 bridgehead atoms. The number of carbonyl (C=O) groups is 1. The summed E-state index contributed by atoms with van der Waals surface area (Å²) in [6.07, 6.45) is 0. The first kappa shape index (κ1) is 15.3. The lowest BCUT2D eigenvalue weighted by molar-refractivity contribution is -0.146. The van der Waals surface area contributed by atoms with E-state index in [9.17, 15) is 4.79 Å². The normalized spacial score (nSPS) is 12.1. The van der Waals surface area contributed by atoms with Crippen LogP contribution < -0.4 is 9.64 Å². The second-order valence-corrected chi connectivity index (χ2v) is 4.95. The van der Waals surface area contributed by atoms with Crippen molar-refractivity contribution in [3.05, 3.63) is 24.3 Å². The van der Waals surface area contributed by atoms with E-state index < -0.39 is 0 Å². The second-order valence-electron chi connectivity index (χ2n) is 4.95. The van der Waals surface area contributed by atoms with E-state index in [2.05, 4.69) is 4.90 Å². The molecule has 0 fully saturated rings. The Morgan fingerprint density at radius 3 is 2.21 bits per heavy atom. The Kier molecular flexibility index (Phi) is 5.67. The molecular weight excluding hydrogens is 242 g/mol. The molecule has 0 N–H and O–H groups in total. The number of ether oxygens (including phenoxy) is 2. The van der Waals surface area contributed by atoms with Crippen molar-refractivity contribution in [3.63, 3.8) is 0 Å². The molecule has 0 amide bonds. The molecule has 0 saturated heterocycles. The van der Waals surface area contributed by atoms with Gasteiger partial charge in [-0.05, 0) is 30.2 Å². The van der Waals surface area contributed by atoms with Gasteiger partial charge in [-0.2, -0.15) is 0 Å². The van der Waals surface area contributed by atoms with Gasteiger partial charge in [0.15, 0.2) is 0 Å². The molecule has 0 spiro atoms. The van der Waals surface area contributed by atoms with Gasteiger partial charge in [-0.3, -0.25) is 4.79 Å². The van der Waals surface area contributed by atoms with Gasteiger partial charge in [-0.1, -0.05) is 13.8 Å². The minimum Gasteiger partial charge on any atom is -0.497 e. The molecule has 106 valence electrons. The number of benzene rings is 1. The third-order valence-electron chi connectivity index (χ3n) is 3.29. The highest BCUT2D eigenvalue weighted by Crippen LogP contribution is 2.21. The minimum absolute atomic E-state index is 0.128. The van der Waals surface area contributed by atoms with E-state index in [1.165, 1.54) is 7.11 Å². The standard InChI is InChI=1S/C15H23NO3/c1-11(2)14(15(17)19-5)10-16(3)12-6-8-13(18-4)9-7-12/h6-9,11,14H,10H2,1-5H3. The van der Waals surface area contributed by atoms with Crippen LogP contribution in [0.5, 0.6) is 5.75 Å². The summed E-state index contributed by atoms with van der Waals surface area (Å²) in [5.74, 6) is 0.783. The summed E-state index contributed by atoms with van der Waals surface area (Å²) in [5.41, 5.74) is 1.05. The summed E-state index contributed by atoms with van der Waals surface area (Å²) in [4.78, 5) is 13.8. The summed E-state index contributed by atoms with van der Waals surface area (Å²) in [7, 11) is 5.05. The van der Waals surface area contributed by atoms with Crippen molar-refractivity contribution in [2.24, 2.45) is 11.8 Å². The van der Waals surface area contributed by atoms with E-state index >= 15 is 0 Å². The van der Waals surface area contributed by atoms with Crippen molar-refractivity contribution in [2.75, 3.05) is 32.7 Å². The van der Waals surface area contributed by atoms with Crippen LogP contribution in [0, 0.1) is 11.8 Å². The highest BCUT2D eigenvalue weighted by atomic mass is 16.5. The molecule has 1 aromatic carbocycles. The maximum atomic E-state index is 11.8. The van der Waals surface area contributed by atoms with Crippen LogP contribution in [0.2, 0.25) is 0 Å². The predicted molar refractivity (Wildman–Crippen MR) is 76.6 cm³/mol. The molecule has 0 aliphatic rings. The van der Waals surface area contributed by atoms with Crippen molar-refractivity contribution in [1.82, 2.24) is 0 Å². The Morgan fingerprint density at radius 2 is 1.79 bits per heavy atom. The lowest BCUT2D eigenvalue weighted by Gasteiger charge is -2.26. The summed E-state index contributed by atoms with van der Waals surface area (Å²) in [6.45, 7) is 4.70. The Hall–Kier alpha value is -1.71. The van der Waals surface area contributed by atoms with Crippen molar-refractivity contribution in [3.8, 4) is 5.75 Å². The first-order valence-corrected chi connectivity index (χ1v) is 6.42. The molecule has 0 heterocycles. The number of anilines is 1. The lowest BCUT2D eigenvalue weighted by Crippen LogP contribution is -2.34. The van der Waals surface area contributed by atoms with Crippen LogP contribution in [0.15, 0.2) is 24.3 Å². The Labute approximate surface area is 115 Å². The maximum Gasteiger partial charge on any atom is 0.310 e. The van der Waals surface area contributed by atoms with Crippen molar-refractivity contribution in [1.29, 1.82) is 0 Å². The zero-order valence-electron chi connectivity index (χ0n) is 12.3. The van der Waals surface area contributed by atoms with Gasteiger partial charge >= 0.3 is 5.97 Å². The fourth-order valence-electron chi connectivity index (χ4n) is 1.95. The molecule has 0 radical (unpaired) electrons. The van der Waals surface area contributed by atoms with Crippen molar-refractivity contribution >= 4 is 11.7 Å². The van der Waals surface area contributed by atoms with Gasteiger partial charge in [0, 0.05) is 19.3 Å². The summed E-state index contributed by atoms with van der Waals surface area (Å²) in [6, 6.07) is 7.78. The van der Waals surface area contributed by atoms with E-state index in [-0.39, 0.29) is 17.8 Å². The third kappa shape index (κ3) is 4.16. The summed E-state index contributed by atoms with van der Waals surface area (Å²) >= 11 is 0. The van der Waals surface area contributed by atoms with E-state index in [0.717, 1.165) is 11.4 Å². The highest BCUT2D eigenvalue weighted by Gasteiger charge is 2.24. The van der Waals surface area contributed by atoms with Crippen LogP contribution in [-0.4, -0.2) is 33.8 Å². The molecular formula is C15H23NO3. The van der Waals surface area contributed by atoms with Gasteiger partial charge in [0.25, 0.3) is 0 Å². The quantitative estimate of drug-likeness (QED) is 0.741. The van der Waals surface area contributed by atoms with Crippen LogP contribution in [0.4, 0.5) is 5.69 Å². The molecule has 19 heavy (non-hydrogen) atoms.